The zero-order valence-electron chi connectivity index (χ0n) is 26.5. The zero-order valence-corrected chi connectivity index (χ0v) is 26.5. The number of para-hydroxylation sites is 1. The monoisotopic (exact) mass is 677 g/mol. The summed E-state index contributed by atoms with van der Waals surface area (Å²) in [5.41, 5.74) is 0.309. The molecular formula is C35H31F4N5O5. The lowest BCUT2D eigenvalue weighted by Crippen LogP contribution is -2.55. The van der Waals surface area contributed by atoms with Gasteiger partial charge in [0, 0.05) is 35.2 Å². The lowest BCUT2D eigenvalue weighted by Gasteiger charge is -2.38. The lowest BCUT2D eigenvalue weighted by atomic mass is 9.80. The highest BCUT2D eigenvalue weighted by Gasteiger charge is 2.46. The molecule has 49 heavy (non-hydrogen) atoms. The maximum Gasteiger partial charge on any atom is 0.416 e. The third-order valence-corrected chi connectivity index (χ3v) is 7.98. The maximum atomic E-state index is 14.3. The summed E-state index contributed by atoms with van der Waals surface area (Å²) < 4.78 is 60.8. The van der Waals surface area contributed by atoms with Crippen LogP contribution >= 0.6 is 0 Å². The molecule has 0 saturated heterocycles. The van der Waals surface area contributed by atoms with Crippen LogP contribution in [0.3, 0.4) is 0 Å². The molecule has 0 fully saturated rings. The van der Waals surface area contributed by atoms with E-state index < -0.39 is 53.2 Å². The number of aromatic nitrogens is 2. The SMILES string of the molecule is CCN1C(=O)[C@@H](NC(=O)c2cccc(C(F)(F)F)c2)[C@H](c2ccc(F)cc2)c2c(CNC(=O)/C=C(\C)C(=O)OC)nn(-c3ccccc3)c21. The van der Waals surface area contributed by atoms with Crippen LogP contribution in [0.25, 0.3) is 5.69 Å². The molecule has 0 aliphatic carbocycles. The smallest absolute Gasteiger partial charge is 0.416 e. The number of benzene rings is 3. The molecule has 10 nitrogen and oxygen atoms in total. The first kappa shape index (κ1) is 34.5. The average molecular weight is 678 g/mol. The second-order valence-electron chi connectivity index (χ2n) is 11.1. The number of hydrogen-bond donors (Lipinski definition) is 2. The normalized spacial score (nSPS) is 16.2. The maximum absolute atomic E-state index is 14.3. The molecule has 3 aromatic carbocycles. The molecule has 4 aromatic rings. The molecule has 1 aliphatic rings. The van der Waals surface area contributed by atoms with Crippen LogP contribution in [-0.2, 0) is 31.8 Å². The zero-order chi connectivity index (χ0) is 35.5. The first-order valence-corrected chi connectivity index (χ1v) is 15.1. The van der Waals surface area contributed by atoms with Crippen LogP contribution < -0.4 is 15.5 Å². The van der Waals surface area contributed by atoms with Gasteiger partial charge in [-0.3, -0.25) is 19.3 Å². The molecule has 2 atom stereocenters. The van der Waals surface area contributed by atoms with Crippen molar-refractivity contribution in [1.29, 1.82) is 0 Å². The molecule has 1 aliphatic heterocycles. The molecule has 2 N–H and O–H groups in total. The van der Waals surface area contributed by atoms with Crippen LogP contribution in [0.1, 0.15) is 52.5 Å². The van der Waals surface area contributed by atoms with Crippen LogP contribution in [0.5, 0.6) is 0 Å². The molecule has 14 heteroatoms. The highest BCUT2D eigenvalue weighted by molar-refractivity contribution is 6.05. The average Bonchev–Trinajstić information content (AvgIpc) is 3.46. The van der Waals surface area contributed by atoms with Gasteiger partial charge in [0.25, 0.3) is 11.8 Å². The van der Waals surface area contributed by atoms with E-state index in [1.807, 2.05) is 0 Å². The van der Waals surface area contributed by atoms with Crippen LogP contribution in [-0.4, -0.2) is 53.2 Å². The summed E-state index contributed by atoms with van der Waals surface area (Å²) in [4.78, 5) is 54.0. The number of carbonyl (C=O) groups excluding carboxylic acids is 4. The van der Waals surface area contributed by atoms with E-state index >= 15 is 0 Å². The van der Waals surface area contributed by atoms with Crippen molar-refractivity contribution in [3.8, 4) is 5.69 Å². The van der Waals surface area contributed by atoms with Gasteiger partial charge in [0.1, 0.15) is 17.7 Å². The minimum Gasteiger partial charge on any atom is -0.466 e. The molecule has 0 unspecified atom stereocenters. The van der Waals surface area contributed by atoms with Crippen LogP contribution in [0.2, 0.25) is 0 Å². The number of methoxy groups -OCH3 is 1. The summed E-state index contributed by atoms with van der Waals surface area (Å²) in [5, 5.41) is 10.1. The van der Waals surface area contributed by atoms with Gasteiger partial charge >= 0.3 is 12.1 Å². The Morgan fingerprint density at radius 3 is 2.33 bits per heavy atom. The molecule has 1 aromatic heterocycles. The highest BCUT2D eigenvalue weighted by Crippen LogP contribution is 2.44. The molecule has 0 bridgehead atoms. The number of hydrogen-bond acceptors (Lipinski definition) is 6. The van der Waals surface area contributed by atoms with Crippen molar-refractivity contribution < 1.29 is 41.5 Å². The number of alkyl halides is 3. The summed E-state index contributed by atoms with van der Waals surface area (Å²) in [6, 6.07) is 16.5. The molecule has 0 radical (unpaired) electrons. The quantitative estimate of drug-likeness (QED) is 0.145. The number of ether oxygens (including phenoxy) is 1. The Balaban J connectivity index is 1.67. The summed E-state index contributed by atoms with van der Waals surface area (Å²) in [5.74, 6) is -4.14. The number of rotatable bonds is 9. The van der Waals surface area contributed by atoms with Crippen molar-refractivity contribution in [1.82, 2.24) is 20.4 Å². The fourth-order valence-corrected chi connectivity index (χ4v) is 5.68. The van der Waals surface area contributed by atoms with Crippen molar-refractivity contribution >= 4 is 29.5 Å². The van der Waals surface area contributed by atoms with E-state index in [0.717, 1.165) is 18.2 Å². The number of esters is 1. The first-order valence-electron chi connectivity index (χ1n) is 15.1. The molecule has 254 valence electrons. The predicted molar refractivity (Wildman–Crippen MR) is 170 cm³/mol. The van der Waals surface area contributed by atoms with Gasteiger partial charge in [0.05, 0.1) is 30.6 Å². The van der Waals surface area contributed by atoms with Gasteiger partial charge in [-0.2, -0.15) is 18.3 Å². The predicted octanol–water partition coefficient (Wildman–Crippen LogP) is 5.06. The standard InChI is InChI=1S/C35H31F4N5O5/c1-4-43-32-29(26(42-44(32)25-11-6-5-7-12-25)19-40-27(45)17-20(2)34(48)49-3)28(21-13-15-24(36)16-14-21)30(33(43)47)41-31(46)22-9-8-10-23(18-22)35(37,38)39/h5-18,28,30H,4,19H2,1-3H3,(H,40,45)(H,41,46)/b20-17+/t28-,30+/m1/s1. The van der Waals surface area contributed by atoms with E-state index in [0.29, 0.717) is 28.7 Å². The summed E-state index contributed by atoms with van der Waals surface area (Å²) in [7, 11) is 1.18. The molecule has 2 heterocycles. The van der Waals surface area contributed by atoms with E-state index in [1.54, 1.807) is 37.3 Å². The van der Waals surface area contributed by atoms with Gasteiger partial charge in [-0.15, -0.1) is 0 Å². The fraction of sp³-hybridized carbons (Fsp3) is 0.229. The van der Waals surface area contributed by atoms with Gasteiger partial charge < -0.3 is 15.4 Å². The Bertz CT molecular complexity index is 1920. The number of halogens is 4. The number of fused-ring (bicyclic) bond motifs is 1. The second-order valence-corrected chi connectivity index (χ2v) is 11.1. The van der Waals surface area contributed by atoms with E-state index in [9.17, 15) is 36.7 Å². The number of carbonyl (C=O) groups is 4. The number of likely N-dealkylation sites (N-methyl/N-ethyl adjacent to an activating group) is 1. The summed E-state index contributed by atoms with van der Waals surface area (Å²) >= 11 is 0. The number of amides is 3. The largest absolute Gasteiger partial charge is 0.466 e. The topological polar surface area (TPSA) is 123 Å². The third kappa shape index (κ3) is 7.22. The van der Waals surface area contributed by atoms with Crippen LogP contribution in [0, 0.1) is 5.82 Å². The van der Waals surface area contributed by atoms with Crippen molar-refractivity contribution in [3.63, 3.8) is 0 Å². The molecule has 0 spiro atoms. The van der Waals surface area contributed by atoms with Gasteiger partial charge in [0.15, 0.2) is 0 Å². The minimum atomic E-state index is -4.71. The Hall–Kier alpha value is -5.79. The van der Waals surface area contributed by atoms with Crippen LogP contribution in [0.4, 0.5) is 23.4 Å². The highest BCUT2D eigenvalue weighted by atomic mass is 19.4. The molecular weight excluding hydrogens is 646 g/mol. The van der Waals surface area contributed by atoms with Crippen LogP contribution in [0.15, 0.2) is 90.5 Å². The van der Waals surface area contributed by atoms with Gasteiger partial charge in [-0.1, -0.05) is 36.4 Å². The van der Waals surface area contributed by atoms with Gasteiger partial charge in [-0.05, 0) is 61.9 Å². The van der Waals surface area contributed by atoms with Gasteiger partial charge in [-0.25, -0.2) is 13.9 Å². The van der Waals surface area contributed by atoms with E-state index in [4.69, 9.17) is 5.10 Å². The second kappa shape index (κ2) is 14.1. The van der Waals surface area contributed by atoms with Crippen molar-refractivity contribution in [2.24, 2.45) is 0 Å². The third-order valence-electron chi connectivity index (χ3n) is 7.98. The van der Waals surface area contributed by atoms with E-state index in [-0.39, 0.29) is 29.9 Å². The Morgan fingerprint density at radius 2 is 1.69 bits per heavy atom. The lowest BCUT2D eigenvalue weighted by molar-refractivity contribution is -0.138. The van der Waals surface area contributed by atoms with Crippen molar-refractivity contribution in [2.45, 2.75) is 38.5 Å². The Kier molecular flexibility index (Phi) is 9.97. The van der Waals surface area contributed by atoms with Crippen molar-refractivity contribution in [3.05, 3.63) is 124 Å². The first-order chi connectivity index (χ1) is 23.3. The minimum absolute atomic E-state index is 0.0427. The van der Waals surface area contributed by atoms with E-state index in [2.05, 4.69) is 15.4 Å². The molecule has 3 amide bonds. The summed E-state index contributed by atoms with van der Waals surface area (Å²) in [6.07, 6.45) is -3.65. The molecule has 0 saturated carbocycles. The fourth-order valence-electron chi connectivity index (χ4n) is 5.68. The number of nitrogens with one attached hydrogen (secondary N) is 2. The Morgan fingerprint density at radius 1 is 1.00 bits per heavy atom. The van der Waals surface area contributed by atoms with Crippen molar-refractivity contribution in [2.75, 3.05) is 18.6 Å². The Labute approximate surface area is 278 Å². The number of nitrogens with zero attached hydrogens (tertiary/aromatic N) is 3. The number of anilines is 1. The van der Waals surface area contributed by atoms with Gasteiger partial charge in [0.2, 0.25) is 5.91 Å². The van der Waals surface area contributed by atoms with E-state index in [1.165, 1.54) is 53.9 Å². The molecule has 5 rings (SSSR count). The summed E-state index contributed by atoms with van der Waals surface area (Å²) in [6.45, 7) is 3.01.